The summed E-state index contributed by atoms with van der Waals surface area (Å²) in [5.41, 5.74) is 1.87. The molecule has 1 atom stereocenters. The van der Waals surface area contributed by atoms with Gasteiger partial charge in [0.1, 0.15) is 0 Å². The maximum atomic E-state index is 12.7. The summed E-state index contributed by atoms with van der Waals surface area (Å²) in [7, 11) is 0. The second-order valence-electron chi connectivity index (χ2n) is 7.16. The molecule has 1 fully saturated rings. The maximum Gasteiger partial charge on any atom is 0.278 e. The van der Waals surface area contributed by atoms with E-state index in [-0.39, 0.29) is 11.6 Å². The van der Waals surface area contributed by atoms with E-state index >= 15 is 0 Å². The molecule has 9 nitrogen and oxygen atoms in total. The van der Waals surface area contributed by atoms with Gasteiger partial charge in [-0.15, -0.1) is 0 Å². The number of rotatable bonds is 6. The maximum absolute atomic E-state index is 12.7. The average Bonchev–Trinajstić information content (AvgIpc) is 3.11. The van der Waals surface area contributed by atoms with E-state index in [1.807, 2.05) is 0 Å². The van der Waals surface area contributed by atoms with Crippen molar-refractivity contribution < 1.29 is 9.59 Å². The number of anilines is 2. The van der Waals surface area contributed by atoms with Gasteiger partial charge in [0.05, 0.1) is 35.5 Å². The SMILES string of the molecule is Cc1ncc(NC(=O)CN2CCC[C@@H]2C)cc1NC(=O)C(=NN)c1ccc(Br)cn1. The summed E-state index contributed by atoms with van der Waals surface area (Å²) in [6, 6.07) is 5.44. The molecule has 10 heteroatoms. The predicted molar refractivity (Wildman–Crippen MR) is 119 cm³/mol. The zero-order chi connectivity index (χ0) is 21.7. The molecule has 30 heavy (non-hydrogen) atoms. The molecule has 158 valence electrons. The van der Waals surface area contributed by atoms with Crippen LogP contribution in [0.4, 0.5) is 11.4 Å². The van der Waals surface area contributed by atoms with Crippen molar-refractivity contribution in [3.05, 3.63) is 46.5 Å². The Kier molecular flexibility index (Phi) is 7.11. The highest BCUT2D eigenvalue weighted by Crippen LogP contribution is 2.20. The Labute approximate surface area is 183 Å². The number of carbonyl (C=O) groups excluding carboxylic acids is 2. The van der Waals surface area contributed by atoms with Gasteiger partial charge in [0.2, 0.25) is 5.91 Å². The van der Waals surface area contributed by atoms with Crippen LogP contribution in [0, 0.1) is 6.92 Å². The van der Waals surface area contributed by atoms with Crippen LogP contribution in [0.3, 0.4) is 0 Å². The van der Waals surface area contributed by atoms with Crippen LogP contribution in [0.5, 0.6) is 0 Å². The number of likely N-dealkylation sites (tertiary alicyclic amines) is 1. The number of aromatic nitrogens is 2. The third-order valence-electron chi connectivity index (χ3n) is 4.97. The highest BCUT2D eigenvalue weighted by Gasteiger charge is 2.22. The lowest BCUT2D eigenvalue weighted by molar-refractivity contribution is -0.117. The van der Waals surface area contributed by atoms with Crippen molar-refractivity contribution in [1.82, 2.24) is 14.9 Å². The van der Waals surface area contributed by atoms with Crippen molar-refractivity contribution in [3.8, 4) is 0 Å². The van der Waals surface area contributed by atoms with E-state index in [1.54, 1.807) is 37.5 Å². The van der Waals surface area contributed by atoms with Crippen LogP contribution in [0.15, 0.2) is 40.2 Å². The van der Waals surface area contributed by atoms with Crippen LogP contribution in [0.2, 0.25) is 0 Å². The molecule has 2 aromatic rings. The second kappa shape index (κ2) is 9.77. The number of amides is 2. The van der Waals surface area contributed by atoms with Gasteiger partial charge in [-0.05, 0) is 67.4 Å². The Morgan fingerprint density at radius 2 is 2.10 bits per heavy atom. The van der Waals surface area contributed by atoms with E-state index in [9.17, 15) is 9.59 Å². The minimum atomic E-state index is -0.522. The minimum absolute atomic E-state index is 0.0145. The van der Waals surface area contributed by atoms with Gasteiger partial charge in [-0.25, -0.2) is 0 Å². The summed E-state index contributed by atoms with van der Waals surface area (Å²) in [5.74, 6) is 4.78. The Bertz CT molecular complexity index is 962. The molecule has 3 rings (SSSR count). The third-order valence-corrected chi connectivity index (χ3v) is 5.44. The number of nitrogens with two attached hydrogens (primary N) is 1. The predicted octanol–water partition coefficient (Wildman–Crippen LogP) is 2.27. The van der Waals surface area contributed by atoms with Crippen molar-refractivity contribution in [1.29, 1.82) is 0 Å². The lowest BCUT2D eigenvalue weighted by atomic mass is 10.2. The zero-order valence-corrected chi connectivity index (χ0v) is 18.4. The van der Waals surface area contributed by atoms with Crippen molar-refractivity contribution in [2.45, 2.75) is 32.7 Å². The van der Waals surface area contributed by atoms with Crippen molar-refractivity contribution in [2.24, 2.45) is 10.9 Å². The largest absolute Gasteiger partial charge is 0.324 e. The van der Waals surface area contributed by atoms with E-state index in [0.717, 1.165) is 23.9 Å². The van der Waals surface area contributed by atoms with Crippen LogP contribution in [-0.2, 0) is 9.59 Å². The van der Waals surface area contributed by atoms with E-state index < -0.39 is 5.91 Å². The summed E-state index contributed by atoms with van der Waals surface area (Å²) in [6.45, 7) is 5.13. The van der Waals surface area contributed by atoms with Crippen LogP contribution in [0.25, 0.3) is 0 Å². The van der Waals surface area contributed by atoms with Gasteiger partial charge in [0, 0.05) is 16.7 Å². The topological polar surface area (TPSA) is 126 Å². The summed E-state index contributed by atoms with van der Waals surface area (Å²) in [5, 5.41) is 9.17. The minimum Gasteiger partial charge on any atom is -0.324 e. The summed E-state index contributed by atoms with van der Waals surface area (Å²) in [4.78, 5) is 35.6. The quantitative estimate of drug-likeness (QED) is 0.335. The van der Waals surface area contributed by atoms with Crippen LogP contribution in [-0.4, -0.2) is 51.5 Å². The van der Waals surface area contributed by atoms with Gasteiger partial charge in [-0.1, -0.05) is 0 Å². The molecular weight excluding hydrogens is 450 g/mol. The van der Waals surface area contributed by atoms with Crippen LogP contribution < -0.4 is 16.5 Å². The Morgan fingerprint density at radius 1 is 1.30 bits per heavy atom. The first-order chi connectivity index (χ1) is 14.4. The molecule has 2 amide bonds. The number of nitrogens with one attached hydrogen (secondary N) is 2. The summed E-state index contributed by atoms with van der Waals surface area (Å²) in [6.07, 6.45) is 5.32. The number of halogens is 1. The van der Waals surface area contributed by atoms with E-state index in [4.69, 9.17) is 5.84 Å². The number of nitrogens with zero attached hydrogens (tertiary/aromatic N) is 4. The number of hydrazone groups is 1. The highest BCUT2D eigenvalue weighted by atomic mass is 79.9. The van der Waals surface area contributed by atoms with Gasteiger partial charge in [-0.3, -0.25) is 24.5 Å². The first-order valence-electron chi connectivity index (χ1n) is 9.59. The number of pyridine rings is 2. The van der Waals surface area contributed by atoms with Crippen LogP contribution in [0.1, 0.15) is 31.2 Å². The molecule has 4 N–H and O–H groups in total. The molecule has 1 aliphatic heterocycles. The summed E-state index contributed by atoms with van der Waals surface area (Å²) < 4.78 is 0.773. The van der Waals surface area contributed by atoms with E-state index in [1.165, 1.54) is 0 Å². The first kappa shape index (κ1) is 21.8. The van der Waals surface area contributed by atoms with Crippen molar-refractivity contribution >= 4 is 44.8 Å². The molecule has 0 unspecified atom stereocenters. The molecule has 1 saturated heterocycles. The normalized spacial score (nSPS) is 17.0. The third kappa shape index (κ3) is 5.39. The molecule has 0 radical (unpaired) electrons. The van der Waals surface area contributed by atoms with E-state index in [0.29, 0.717) is 35.3 Å². The van der Waals surface area contributed by atoms with Gasteiger partial charge >= 0.3 is 0 Å². The molecule has 2 aromatic heterocycles. The highest BCUT2D eigenvalue weighted by molar-refractivity contribution is 9.10. The fourth-order valence-electron chi connectivity index (χ4n) is 3.28. The zero-order valence-electron chi connectivity index (χ0n) is 16.9. The number of hydrogen-bond acceptors (Lipinski definition) is 7. The molecule has 0 spiro atoms. The number of carbonyl (C=O) groups is 2. The molecule has 0 aromatic carbocycles. The number of aryl methyl sites for hydroxylation is 1. The molecular formula is C20H24BrN7O2. The molecule has 1 aliphatic rings. The van der Waals surface area contributed by atoms with Crippen LogP contribution >= 0.6 is 15.9 Å². The van der Waals surface area contributed by atoms with Gasteiger partial charge in [0.15, 0.2) is 5.71 Å². The monoisotopic (exact) mass is 473 g/mol. The van der Waals surface area contributed by atoms with Gasteiger partial charge < -0.3 is 16.5 Å². The Morgan fingerprint density at radius 3 is 2.73 bits per heavy atom. The Balaban J connectivity index is 1.69. The fraction of sp³-hybridized carbons (Fsp3) is 0.350. The van der Waals surface area contributed by atoms with E-state index in [2.05, 4.69) is 53.5 Å². The lowest BCUT2D eigenvalue weighted by Crippen LogP contribution is -2.35. The first-order valence-corrected chi connectivity index (χ1v) is 10.4. The van der Waals surface area contributed by atoms with Gasteiger partial charge in [-0.2, -0.15) is 5.10 Å². The number of hydrogen-bond donors (Lipinski definition) is 3. The Hall–Kier alpha value is -2.85. The molecule has 3 heterocycles. The molecule has 0 saturated carbocycles. The summed E-state index contributed by atoms with van der Waals surface area (Å²) >= 11 is 3.29. The lowest BCUT2D eigenvalue weighted by Gasteiger charge is -2.20. The van der Waals surface area contributed by atoms with Crippen molar-refractivity contribution in [3.63, 3.8) is 0 Å². The smallest absolute Gasteiger partial charge is 0.278 e. The molecule has 0 bridgehead atoms. The molecule has 0 aliphatic carbocycles. The van der Waals surface area contributed by atoms with Crippen molar-refractivity contribution in [2.75, 3.05) is 23.7 Å². The standard InChI is InChI=1S/C20H24BrN7O2/c1-12-4-3-7-28(12)11-18(29)25-15-8-17(13(2)23-10-15)26-20(30)19(27-22)16-6-5-14(21)9-24-16/h5-6,8-10,12H,3-4,7,11,22H2,1-2H3,(H,25,29)(H,26,30)/t12-/m0/s1. The second-order valence-corrected chi connectivity index (χ2v) is 8.08. The fourth-order valence-corrected chi connectivity index (χ4v) is 3.51. The van der Waals surface area contributed by atoms with Gasteiger partial charge in [0.25, 0.3) is 5.91 Å². The average molecular weight is 474 g/mol.